The third-order valence-electron chi connectivity index (χ3n) is 2.57. The van der Waals surface area contributed by atoms with Crippen molar-refractivity contribution >= 4 is 0 Å². The van der Waals surface area contributed by atoms with E-state index >= 15 is 0 Å². The highest BCUT2D eigenvalue weighted by Crippen LogP contribution is 2.27. The van der Waals surface area contributed by atoms with Crippen LogP contribution in [0.3, 0.4) is 0 Å². The van der Waals surface area contributed by atoms with E-state index in [-0.39, 0.29) is 6.04 Å². The summed E-state index contributed by atoms with van der Waals surface area (Å²) in [6.45, 7) is 3.85. The first-order valence-electron chi connectivity index (χ1n) is 5.49. The van der Waals surface area contributed by atoms with Crippen LogP contribution in [0.25, 0.3) is 0 Å². The minimum Gasteiger partial charge on any atom is -0.501 e. The Morgan fingerprint density at radius 3 is 3.07 bits per heavy atom. The number of rotatable bonds is 4. The molecule has 1 aromatic rings. The number of ether oxygens (including phenoxy) is 1. The smallest absolute Gasteiger partial charge is 0.125 e. The Labute approximate surface area is 90.1 Å². The quantitative estimate of drug-likeness (QED) is 0.824. The van der Waals surface area contributed by atoms with E-state index in [1.807, 2.05) is 18.4 Å². The summed E-state index contributed by atoms with van der Waals surface area (Å²) in [7, 11) is 0. The predicted molar refractivity (Wildman–Crippen MR) is 58.4 cm³/mol. The van der Waals surface area contributed by atoms with Crippen molar-refractivity contribution in [2.45, 2.75) is 25.8 Å². The Morgan fingerprint density at radius 1 is 1.53 bits per heavy atom. The molecule has 1 aliphatic heterocycles. The van der Waals surface area contributed by atoms with E-state index in [0.29, 0.717) is 0 Å². The molecule has 3 heteroatoms. The van der Waals surface area contributed by atoms with E-state index in [2.05, 4.69) is 12.2 Å². The second kappa shape index (κ2) is 5.03. The molecule has 1 aliphatic rings. The zero-order valence-corrected chi connectivity index (χ0v) is 9.03. The summed E-state index contributed by atoms with van der Waals surface area (Å²) in [4.78, 5) is 0. The van der Waals surface area contributed by atoms with Crippen molar-refractivity contribution in [3.05, 3.63) is 36.0 Å². The molecule has 0 spiro atoms. The van der Waals surface area contributed by atoms with Crippen LogP contribution >= 0.6 is 0 Å². The van der Waals surface area contributed by atoms with Gasteiger partial charge in [0.25, 0.3) is 0 Å². The largest absolute Gasteiger partial charge is 0.501 e. The Kier molecular flexibility index (Phi) is 3.45. The fraction of sp³-hybridized carbons (Fsp3) is 0.500. The van der Waals surface area contributed by atoms with Gasteiger partial charge in [-0.05, 0) is 37.1 Å². The Morgan fingerprint density at radius 2 is 2.47 bits per heavy atom. The van der Waals surface area contributed by atoms with Crippen LogP contribution < -0.4 is 5.32 Å². The molecule has 0 bridgehead atoms. The minimum atomic E-state index is 0.172. The molecule has 0 saturated carbocycles. The number of likely N-dealkylation sites (N-methyl/N-ethyl adjacent to an activating group) is 1. The Balaban J connectivity index is 2.15. The van der Waals surface area contributed by atoms with Crippen LogP contribution in [0, 0.1) is 0 Å². The molecule has 0 fully saturated rings. The van der Waals surface area contributed by atoms with Crippen molar-refractivity contribution in [2.24, 2.45) is 0 Å². The first kappa shape index (κ1) is 10.3. The second-order valence-corrected chi connectivity index (χ2v) is 3.67. The van der Waals surface area contributed by atoms with Crippen LogP contribution in [-0.2, 0) is 4.74 Å². The molecule has 1 atom stereocenters. The second-order valence-electron chi connectivity index (χ2n) is 3.67. The molecule has 0 radical (unpaired) electrons. The van der Waals surface area contributed by atoms with Crippen molar-refractivity contribution in [2.75, 3.05) is 13.2 Å². The lowest BCUT2D eigenvalue weighted by Crippen LogP contribution is -2.23. The van der Waals surface area contributed by atoms with Gasteiger partial charge in [0.2, 0.25) is 0 Å². The van der Waals surface area contributed by atoms with Gasteiger partial charge in [-0.1, -0.05) is 6.92 Å². The van der Waals surface area contributed by atoms with Crippen molar-refractivity contribution in [1.82, 2.24) is 5.32 Å². The summed E-state index contributed by atoms with van der Waals surface area (Å²) < 4.78 is 10.8. The number of furan rings is 1. The van der Waals surface area contributed by atoms with Crippen LogP contribution in [-0.4, -0.2) is 13.2 Å². The molecular weight excluding hydrogens is 190 g/mol. The van der Waals surface area contributed by atoms with Crippen LogP contribution in [0.4, 0.5) is 0 Å². The highest BCUT2D eigenvalue weighted by molar-refractivity contribution is 5.20. The summed E-state index contributed by atoms with van der Waals surface area (Å²) in [5.41, 5.74) is 1.28. The lowest BCUT2D eigenvalue weighted by Gasteiger charge is -2.22. The average molecular weight is 207 g/mol. The molecule has 1 unspecified atom stereocenters. The molecule has 3 nitrogen and oxygen atoms in total. The molecule has 1 aromatic heterocycles. The van der Waals surface area contributed by atoms with E-state index in [0.717, 1.165) is 31.8 Å². The van der Waals surface area contributed by atoms with Crippen molar-refractivity contribution < 1.29 is 9.15 Å². The summed E-state index contributed by atoms with van der Waals surface area (Å²) in [6, 6.07) is 4.09. The van der Waals surface area contributed by atoms with E-state index in [1.165, 1.54) is 5.57 Å². The zero-order chi connectivity index (χ0) is 10.5. The topological polar surface area (TPSA) is 34.4 Å². The Hall–Kier alpha value is -1.22. The van der Waals surface area contributed by atoms with Crippen molar-refractivity contribution in [3.63, 3.8) is 0 Å². The van der Waals surface area contributed by atoms with Gasteiger partial charge in [0, 0.05) is 0 Å². The van der Waals surface area contributed by atoms with Gasteiger partial charge in [0.15, 0.2) is 0 Å². The predicted octanol–water partition coefficient (Wildman–Crippen LogP) is 2.62. The van der Waals surface area contributed by atoms with Gasteiger partial charge in [-0.15, -0.1) is 0 Å². The fourth-order valence-corrected chi connectivity index (χ4v) is 1.87. The van der Waals surface area contributed by atoms with Gasteiger partial charge in [-0.2, -0.15) is 0 Å². The van der Waals surface area contributed by atoms with Crippen LogP contribution in [0.1, 0.15) is 31.6 Å². The highest BCUT2D eigenvalue weighted by Gasteiger charge is 2.20. The molecule has 2 heterocycles. The maximum Gasteiger partial charge on any atom is 0.125 e. The maximum absolute atomic E-state index is 5.44. The van der Waals surface area contributed by atoms with Gasteiger partial charge in [0.05, 0.1) is 25.2 Å². The molecule has 1 N–H and O–H groups in total. The monoisotopic (exact) mass is 207 g/mol. The third-order valence-corrected chi connectivity index (χ3v) is 2.57. The molecule has 0 aliphatic carbocycles. The van der Waals surface area contributed by atoms with E-state index < -0.39 is 0 Å². The average Bonchev–Trinajstić information content (AvgIpc) is 2.80. The molecule has 0 amide bonds. The van der Waals surface area contributed by atoms with Crippen molar-refractivity contribution in [3.8, 4) is 0 Å². The zero-order valence-electron chi connectivity index (χ0n) is 9.03. The lowest BCUT2D eigenvalue weighted by atomic mass is 10.00. The van der Waals surface area contributed by atoms with Gasteiger partial charge in [-0.3, -0.25) is 0 Å². The fourth-order valence-electron chi connectivity index (χ4n) is 1.87. The van der Waals surface area contributed by atoms with E-state index in [9.17, 15) is 0 Å². The summed E-state index contributed by atoms with van der Waals surface area (Å²) >= 11 is 0. The standard InChI is InChI=1S/C12H17NO2/c1-2-13-12(11-6-4-8-15-11)10-5-3-7-14-9-10/h4,6,8-9,12-13H,2-3,5,7H2,1H3. The minimum absolute atomic E-state index is 0.172. The van der Waals surface area contributed by atoms with E-state index in [4.69, 9.17) is 9.15 Å². The van der Waals surface area contributed by atoms with Gasteiger partial charge >= 0.3 is 0 Å². The first-order valence-corrected chi connectivity index (χ1v) is 5.49. The number of hydrogen-bond donors (Lipinski definition) is 1. The summed E-state index contributed by atoms with van der Waals surface area (Å²) in [5, 5.41) is 3.41. The van der Waals surface area contributed by atoms with Gasteiger partial charge in [-0.25, -0.2) is 0 Å². The SMILES string of the molecule is CCNC(C1=COCCC1)c1ccco1. The molecular formula is C12H17NO2. The molecule has 15 heavy (non-hydrogen) atoms. The molecule has 82 valence electrons. The maximum atomic E-state index is 5.44. The van der Waals surface area contributed by atoms with Crippen LogP contribution in [0.5, 0.6) is 0 Å². The van der Waals surface area contributed by atoms with E-state index in [1.54, 1.807) is 6.26 Å². The summed E-state index contributed by atoms with van der Waals surface area (Å²) in [5.74, 6) is 0.966. The number of hydrogen-bond acceptors (Lipinski definition) is 3. The molecule has 2 rings (SSSR count). The Bertz CT molecular complexity index is 316. The number of nitrogens with one attached hydrogen (secondary N) is 1. The van der Waals surface area contributed by atoms with Gasteiger partial charge < -0.3 is 14.5 Å². The van der Waals surface area contributed by atoms with Crippen LogP contribution in [0.2, 0.25) is 0 Å². The van der Waals surface area contributed by atoms with Crippen LogP contribution in [0.15, 0.2) is 34.6 Å². The lowest BCUT2D eigenvalue weighted by molar-refractivity contribution is 0.217. The first-order chi connectivity index (χ1) is 7.42. The molecule has 0 saturated heterocycles. The third kappa shape index (κ3) is 2.42. The van der Waals surface area contributed by atoms with Crippen molar-refractivity contribution in [1.29, 1.82) is 0 Å². The highest BCUT2D eigenvalue weighted by atomic mass is 16.5. The molecule has 0 aromatic carbocycles. The van der Waals surface area contributed by atoms with Gasteiger partial charge in [0.1, 0.15) is 5.76 Å². The normalized spacial score (nSPS) is 18.1. The summed E-state index contributed by atoms with van der Waals surface area (Å²) in [6.07, 6.45) is 5.76.